The van der Waals surface area contributed by atoms with E-state index < -0.39 is 16.1 Å². The third kappa shape index (κ3) is 5.46. The predicted octanol–water partition coefficient (Wildman–Crippen LogP) is 0.286. The first-order valence-corrected chi connectivity index (χ1v) is 7.46. The lowest BCUT2D eigenvalue weighted by atomic mass is 10.0. The third-order valence-corrected chi connectivity index (χ3v) is 3.49. The molecule has 19 heavy (non-hydrogen) atoms. The van der Waals surface area contributed by atoms with Gasteiger partial charge in [-0.2, -0.15) is 0 Å². The zero-order valence-electron chi connectivity index (χ0n) is 11.0. The van der Waals surface area contributed by atoms with Crippen molar-refractivity contribution in [1.29, 1.82) is 0 Å². The molecule has 3 N–H and O–H groups in total. The van der Waals surface area contributed by atoms with Crippen LogP contribution >= 0.6 is 0 Å². The second-order valence-corrected chi connectivity index (χ2v) is 5.93. The molecule has 1 rings (SSSR count). The fraction of sp³-hybridized carbons (Fsp3) is 0.500. The molecule has 6 nitrogen and oxygen atoms in total. The summed E-state index contributed by atoms with van der Waals surface area (Å²) < 4.78 is 31.9. The summed E-state index contributed by atoms with van der Waals surface area (Å²) in [6, 6.07) is 5.24. The van der Waals surface area contributed by atoms with Gasteiger partial charge in [-0.1, -0.05) is 6.07 Å². The molecule has 0 aromatic heterocycles. The van der Waals surface area contributed by atoms with Gasteiger partial charge in [0.05, 0.1) is 26.1 Å². The molecule has 0 amide bonds. The van der Waals surface area contributed by atoms with Crippen LogP contribution in [0.4, 0.5) is 0 Å². The van der Waals surface area contributed by atoms with Crippen LogP contribution in [0.3, 0.4) is 0 Å². The zero-order valence-corrected chi connectivity index (χ0v) is 11.8. The van der Waals surface area contributed by atoms with Crippen molar-refractivity contribution in [1.82, 2.24) is 0 Å². The summed E-state index contributed by atoms with van der Waals surface area (Å²) >= 11 is 0. The van der Waals surface area contributed by atoms with Crippen LogP contribution < -0.4 is 14.6 Å². The van der Waals surface area contributed by atoms with Crippen molar-refractivity contribution in [2.45, 2.75) is 18.9 Å². The first-order chi connectivity index (χ1) is 8.85. The molecule has 0 saturated heterocycles. The number of aliphatic hydroxyl groups excluding tert-OH is 1. The van der Waals surface area contributed by atoms with E-state index in [1.54, 1.807) is 25.3 Å². The van der Waals surface area contributed by atoms with Crippen LogP contribution in [0.1, 0.15) is 12.0 Å². The summed E-state index contributed by atoms with van der Waals surface area (Å²) in [6.07, 6.45) is -0.405. The van der Waals surface area contributed by atoms with Gasteiger partial charge in [-0.3, -0.25) is 0 Å². The van der Waals surface area contributed by atoms with Gasteiger partial charge in [0, 0.05) is 12.5 Å². The van der Waals surface area contributed by atoms with Gasteiger partial charge >= 0.3 is 0 Å². The van der Waals surface area contributed by atoms with Crippen LogP contribution in [-0.4, -0.2) is 39.6 Å². The van der Waals surface area contributed by atoms with Crippen LogP contribution in [0.15, 0.2) is 18.2 Å². The molecular weight excluding hydrogens is 270 g/mol. The second-order valence-electron chi connectivity index (χ2n) is 4.19. The number of benzene rings is 1. The summed E-state index contributed by atoms with van der Waals surface area (Å²) in [4.78, 5) is 0. The lowest BCUT2D eigenvalue weighted by molar-refractivity contribution is 0.170. The van der Waals surface area contributed by atoms with Crippen molar-refractivity contribution in [2.24, 2.45) is 5.14 Å². The number of nitrogens with two attached hydrogens (primary N) is 1. The highest BCUT2D eigenvalue weighted by Crippen LogP contribution is 2.25. The van der Waals surface area contributed by atoms with E-state index >= 15 is 0 Å². The van der Waals surface area contributed by atoms with Crippen LogP contribution in [0.5, 0.6) is 11.5 Å². The molecule has 1 atom stereocenters. The van der Waals surface area contributed by atoms with E-state index in [-0.39, 0.29) is 12.2 Å². The quantitative estimate of drug-likeness (QED) is 0.751. The average molecular weight is 289 g/mol. The van der Waals surface area contributed by atoms with Crippen molar-refractivity contribution in [3.05, 3.63) is 23.8 Å². The zero-order chi connectivity index (χ0) is 14.5. The molecule has 0 saturated carbocycles. The van der Waals surface area contributed by atoms with Gasteiger partial charge in [0.2, 0.25) is 10.0 Å². The van der Waals surface area contributed by atoms with Crippen LogP contribution in [0, 0.1) is 0 Å². The number of ether oxygens (including phenoxy) is 2. The van der Waals surface area contributed by atoms with Gasteiger partial charge in [0.1, 0.15) is 11.5 Å². The smallest absolute Gasteiger partial charge is 0.209 e. The maximum Gasteiger partial charge on any atom is 0.209 e. The van der Waals surface area contributed by atoms with Gasteiger partial charge in [0.15, 0.2) is 0 Å². The molecule has 0 aliphatic rings. The monoisotopic (exact) mass is 289 g/mol. The Morgan fingerprint density at radius 2 is 2.00 bits per heavy atom. The minimum Gasteiger partial charge on any atom is -0.497 e. The molecule has 0 fully saturated rings. The van der Waals surface area contributed by atoms with Gasteiger partial charge in [0.25, 0.3) is 0 Å². The Labute approximate surface area is 113 Å². The number of rotatable bonds is 7. The van der Waals surface area contributed by atoms with E-state index in [9.17, 15) is 13.5 Å². The topological polar surface area (TPSA) is 98.9 Å². The maximum atomic E-state index is 10.8. The average Bonchev–Trinajstić information content (AvgIpc) is 2.36. The highest BCUT2D eigenvalue weighted by molar-refractivity contribution is 7.89. The number of sulfonamides is 1. The fourth-order valence-electron chi connectivity index (χ4n) is 1.68. The summed E-state index contributed by atoms with van der Waals surface area (Å²) in [7, 11) is -0.475. The lowest BCUT2D eigenvalue weighted by Gasteiger charge is -2.14. The maximum absolute atomic E-state index is 10.8. The van der Waals surface area contributed by atoms with E-state index in [1.165, 1.54) is 7.11 Å². The minimum absolute atomic E-state index is 0.0913. The van der Waals surface area contributed by atoms with Crippen molar-refractivity contribution in [2.75, 3.05) is 20.0 Å². The molecule has 108 valence electrons. The van der Waals surface area contributed by atoms with Crippen molar-refractivity contribution >= 4 is 10.0 Å². The fourth-order valence-corrected chi connectivity index (χ4v) is 2.28. The summed E-state index contributed by atoms with van der Waals surface area (Å²) in [5.74, 6) is 1.00. The predicted molar refractivity (Wildman–Crippen MR) is 71.8 cm³/mol. The van der Waals surface area contributed by atoms with Gasteiger partial charge in [-0.25, -0.2) is 13.6 Å². The number of hydrogen-bond donors (Lipinski definition) is 2. The molecule has 1 aromatic rings. The number of hydrogen-bond acceptors (Lipinski definition) is 5. The molecule has 0 aliphatic heterocycles. The Hall–Kier alpha value is -1.31. The van der Waals surface area contributed by atoms with E-state index in [2.05, 4.69) is 0 Å². The van der Waals surface area contributed by atoms with E-state index in [1.807, 2.05) is 0 Å². The van der Waals surface area contributed by atoms with Crippen molar-refractivity contribution in [3.63, 3.8) is 0 Å². The van der Waals surface area contributed by atoms with E-state index in [0.717, 1.165) is 5.56 Å². The Morgan fingerprint density at radius 1 is 1.32 bits per heavy atom. The largest absolute Gasteiger partial charge is 0.497 e. The number of aliphatic hydroxyl groups is 1. The Kier molecular flexibility index (Phi) is 5.59. The third-order valence-electron chi connectivity index (χ3n) is 2.69. The summed E-state index contributed by atoms with van der Waals surface area (Å²) in [6.45, 7) is 0. The molecular formula is C12H19NO5S. The molecule has 1 aromatic carbocycles. The highest BCUT2D eigenvalue weighted by Gasteiger charge is 2.13. The lowest BCUT2D eigenvalue weighted by Crippen LogP contribution is -2.22. The molecule has 0 bridgehead atoms. The summed E-state index contributed by atoms with van der Waals surface area (Å²) in [5.41, 5.74) is 0.783. The van der Waals surface area contributed by atoms with Gasteiger partial charge in [-0.05, 0) is 18.1 Å². The van der Waals surface area contributed by atoms with E-state index in [4.69, 9.17) is 14.6 Å². The Bertz CT molecular complexity index is 515. The highest BCUT2D eigenvalue weighted by atomic mass is 32.2. The first kappa shape index (κ1) is 15.7. The molecule has 0 spiro atoms. The standard InChI is InChI=1S/C12H19NO5S/c1-17-11-4-3-9(12(8-11)18-2)7-10(14)5-6-19(13,15)16/h3-4,8,10,14H,5-7H2,1-2H3,(H2,13,15,16). The SMILES string of the molecule is COc1ccc(CC(O)CCS(N)(=O)=O)c(OC)c1. The number of methoxy groups -OCH3 is 2. The molecule has 7 heteroatoms. The normalized spacial score (nSPS) is 13.1. The van der Waals surface area contributed by atoms with Crippen molar-refractivity contribution in [3.8, 4) is 11.5 Å². The molecule has 0 aliphatic carbocycles. The van der Waals surface area contributed by atoms with E-state index in [0.29, 0.717) is 17.9 Å². The minimum atomic E-state index is -3.55. The van der Waals surface area contributed by atoms with Gasteiger partial charge < -0.3 is 14.6 Å². The van der Waals surface area contributed by atoms with Crippen LogP contribution in [-0.2, 0) is 16.4 Å². The van der Waals surface area contributed by atoms with Crippen LogP contribution in [0.25, 0.3) is 0 Å². The molecule has 0 heterocycles. The van der Waals surface area contributed by atoms with Crippen LogP contribution in [0.2, 0.25) is 0 Å². The number of primary sulfonamides is 1. The summed E-state index contributed by atoms with van der Waals surface area (Å²) in [5, 5.41) is 14.7. The Morgan fingerprint density at radius 3 is 2.53 bits per heavy atom. The Balaban J connectivity index is 2.70. The first-order valence-electron chi connectivity index (χ1n) is 5.75. The van der Waals surface area contributed by atoms with Crippen molar-refractivity contribution < 1.29 is 23.0 Å². The molecule has 0 radical (unpaired) electrons. The molecule has 1 unspecified atom stereocenters. The second kappa shape index (κ2) is 6.74. The van der Waals surface area contributed by atoms with Gasteiger partial charge in [-0.15, -0.1) is 0 Å².